The first kappa shape index (κ1) is 13.9. The van der Waals surface area contributed by atoms with Crippen LogP contribution in [0.5, 0.6) is 5.75 Å². The Morgan fingerprint density at radius 1 is 1.00 bits per heavy atom. The van der Waals surface area contributed by atoms with E-state index < -0.39 is 0 Å². The molecule has 0 spiro atoms. The van der Waals surface area contributed by atoms with Crippen LogP contribution in [0.15, 0.2) is 59.8 Å². The van der Waals surface area contributed by atoms with Crippen LogP contribution in [0.3, 0.4) is 0 Å². The number of benzene rings is 2. The number of ketones is 1. The molecule has 0 saturated heterocycles. The van der Waals surface area contributed by atoms with Crippen LogP contribution in [0.4, 0.5) is 11.4 Å². The van der Waals surface area contributed by atoms with E-state index in [-0.39, 0.29) is 17.6 Å². The molecule has 2 aromatic carbocycles. The summed E-state index contributed by atoms with van der Waals surface area (Å²) in [5.74, 6) is 0.382. The molecule has 23 heavy (non-hydrogen) atoms. The molecule has 2 aliphatic rings. The lowest BCUT2D eigenvalue weighted by molar-refractivity contribution is -0.116. The number of Topliss-reactive ketones (excluding diaryl/α,β-unsaturated/α-hetero) is 1. The predicted molar refractivity (Wildman–Crippen MR) is 90.4 cm³/mol. The summed E-state index contributed by atoms with van der Waals surface area (Å²) in [6.07, 6.45) is 2.32. The van der Waals surface area contributed by atoms with E-state index in [0.717, 1.165) is 41.1 Å². The quantitative estimate of drug-likeness (QED) is 0.746. The van der Waals surface area contributed by atoms with Gasteiger partial charge in [-0.1, -0.05) is 24.3 Å². The molecule has 1 aliphatic heterocycles. The van der Waals surface area contributed by atoms with Crippen LogP contribution in [-0.2, 0) is 4.79 Å². The van der Waals surface area contributed by atoms with Crippen molar-refractivity contribution in [2.45, 2.75) is 25.3 Å². The van der Waals surface area contributed by atoms with Gasteiger partial charge in [0.2, 0.25) is 0 Å². The standard InChI is InChI=1S/C19H18N2O2/c22-13-6-3-5-12(11-13)19-18-16(9-4-10-17(18)23)20-14-7-1-2-8-15(14)21-19/h1-3,5-8,11,19-22H,4,9-10H2/t19-/m0/s1. The molecule has 1 atom stereocenters. The van der Waals surface area contributed by atoms with Crippen molar-refractivity contribution in [2.24, 2.45) is 0 Å². The molecular weight excluding hydrogens is 288 g/mol. The Kier molecular flexibility index (Phi) is 3.30. The van der Waals surface area contributed by atoms with E-state index in [0.29, 0.717) is 6.42 Å². The molecular formula is C19H18N2O2. The van der Waals surface area contributed by atoms with Crippen molar-refractivity contribution in [1.82, 2.24) is 0 Å². The van der Waals surface area contributed by atoms with Crippen molar-refractivity contribution in [2.75, 3.05) is 10.6 Å². The third kappa shape index (κ3) is 2.46. The number of aromatic hydroxyl groups is 1. The second-order valence-electron chi connectivity index (χ2n) is 6.01. The first-order chi connectivity index (χ1) is 11.2. The Balaban J connectivity index is 1.88. The number of para-hydroxylation sites is 2. The third-order valence-electron chi connectivity index (χ3n) is 4.46. The molecule has 4 heteroatoms. The van der Waals surface area contributed by atoms with Crippen LogP contribution < -0.4 is 10.6 Å². The molecule has 3 N–H and O–H groups in total. The highest BCUT2D eigenvalue weighted by atomic mass is 16.3. The van der Waals surface area contributed by atoms with Crippen LogP contribution in [-0.4, -0.2) is 10.9 Å². The lowest BCUT2D eigenvalue weighted by Gasteiger charge is -2.25. The Morgan fingerprint density at radius 3 is 2.65 bits per heavy atom. The number of carbonyl (C=O) groups excluding carboxylic acids is 1. The summed E-state index contributed by atoms with van der Waals surface area (Å²) in [5, 5.41) is 16.7. The van der Waals surface area contributed by atoms with Gasteiger partial charge in [-0.25, -0.2) is 0 Å². The van der Waals surface area contributed by atoms with Gasteiger partial charge in [-0.3, -0.25) is 4.79 Å². The highest BCUT2D eigenvalue weighted by Crippen LogP contribution is 2.40. The summed E-state index contributed by atoms with van der Waals surface area (Å²) in [7, 11) is 0. The van der Waals surface area contributed by atoms with Gasteiger partial charge < -0.3 is 15.7 Å². The Bertz CT molecular complexity index is 811. The fourth-order valence-electron chi connectivity index (χ4n) is 3.39. The number of rotatable bonds is 1. The molecule has 2 aromatic rings. The molecule has 4 nitrogen and oxygen atoms in total. The van der Waals surface area contributed by atoms with Gasteiger partial charge in [-0.15, -0.1) is 0 Å². The Labute approximate surface area is 134 Å². The van der Waals surface area contributed by atoms with Crippen molar-refractivity contribution >= 4 is 17.2 Å². The van der Waals surface area contributed by atoms with E-state index in [1.807, 2.05) is 36.4 Å². The van der Waals surface area contributed by atoms with E-state index in [4.69, 9.17) is 0 Å². The zero-order valence-electron chi connectivity index (χ0n) is 12.7. The topological polar surface area (TPSA) is 61.4 Å². The van der Waals surface area contributed by atoms with Gasteiger partial charge in [0.1, 0.15) is 5.75 Å². The van der Waals surface area contributed by atoms with E-state index in [2.05, 4.69) is 10.6 Å². The molecule has 0 unspecified atom stereocenters. The van der Waals surface area contributed by atoms with Gasteiger partial charge in [-0.05, 0) is 42.7 Å². The van der Waals surface area contributed by atoms with Crippen LogP contribution in [0.2, 0.25) is 0 Å². The SMILES string of the molecule is O=C1CCCC2=C1[C@H](c1cccc(O)c1)Nc1ccccc1N2. The molecule has 0 aromatic heterocycles. The van der Waals surface area contributed by atoms with E-state index in [9.17, 15) is 9.90 Å². The highest BCUT2D eigenvalue weighted by Gasteiger charge is 2.31. The molecule has 1 heterocycles. The minimum atomic E-state index is -0.249. The molecule has 0 saturated carbocycles. The maximum Gasteiger partial charge on any atom is 0.163 e. The van der Waals surface area contributed by atoms with Gasteiger partial charge in [0, 0.05) is 17.7 Å². The Hall–Kier alpha value is -2.75. The normalized spacial score (nSPS) is 20.0. The van der Waals surface area contributed by atoms with Crippen LogP contribution in [0, 0.1) is 0 Å². The number of fused-ring (bicyclic) bond motifs is 1. The summed E-state index contributed by atoms with van der Waals surface area (Å²) < 4.78 is 0. The van der Waals surface area contributed by atoms with Gasteiger partial charge in [0.25, 0.3) is 0 Å². The molecule has 0 fully saturated rings. The van der Waals surface area contributed by atoms with Gasteiger partial charge >= 0.3 is 0 Å². The number of hydrogen-bond acceptors (Lipinski definition) is 4. The average Bonchev–Trinajstić information content (AvgIpc) is 2.72. The zero-order valence-corrected chi connectivity index (χ0v) is 12.7. The predicted octanol–water partition coefficient (Wildman–Crippen LogP) is 3.98. The van der Waals surface area contributed by atoms with Crippen molar-refractivity contribution in [3.8, 4) is 5.75 Å². The van der Waals surface area contributed by atoms with E-state index in [1.165, 1.54) is 0 Å². The van der Waals surface area contributed by atoms with Crippen molar-refractivity contribution in [1.29, 1.82) is 0 Å². The van der Waals surface area contributed by atoms with Crippen LogP contribution in [0.25, 0.3) is 0 Å². The summed E-state index contributed by atoms with van der Waals surface area (Å²) in [6.45, 7) is 0. The average molecular weight is 306 g/mol. The maximum absolute atomic E-state index is 12.6. The summed E-state index contributed by atoms with van der Waals surface area (Å²) in [6, 6.07) is 14.8. The molecule has 1 aliphatic carbocycles. The molecule has 4 rings (SSSR count). The van der Waals surface area contributed by atoms with Crippen molar-refractivity contribution in [3.05, 3.63) is 65.4 Å². The molecule has 0 bridgehead atoms. The number of nitrogens with one attached hydrogen (secondary N) is 2. The largest absolute Gasteiger partial charge is 0.508 e. The van der Waals surface area contributed by atoms with Crippen LogP contribution >= 0.6 is 0 Å². The second-order valence-corrected chi connectivity index (χ2v) is 6.01. The number of carbonyl (C=O) groups is 1. The fourth-order valence-corrected chi connectivity index (χ4v) is 3.39. The number of allylic oxidation sites excluding steroid dienone is 1. The summed E-state index contributed by atoms with van der Waals surface area (Å²) in [4.78, 5) is 12.6. The second kappa shape index (κ2) is 5.47. The Morgan fingerprint density at radius 2 is 1.83 bits per heavy atom. The van der Waals surface area contributed by atoms with Gasteiger partial charge in [-0.2, -0.15) is 0 Å². The minimum absolute atomic E-state index is 0.174. The van der Waals surface area contributed by atoms with Crippen molar-refractivity contribution < 1.29 is 9.90 Å². The lowest BCUT2D eigenvalue weighted by Crippen LogP contribution is -2.23. The van der Waals surface area contributed by atoms with Gasteiger partial charge in [0.05, 0.1) is 17.4 Å². The van der Waals surface area contributed by atoms with Crippen molar-refractivity contribution in [3.63, 3.8) is 0 Å². The first-order valence-corrected chi connectivity index (χ1v) is 7.90. The molecule has 0 radical (unpaired) electrons. The number of phenolic OH excluding ortho intramolecular Hbond substituents is 1. The smallest absolute Gasteiger partial charge is 0.163 e. The minimum Gasteiger partial charge on any atom is -0.508 e. The fraction of sp³-hybridized carbons (Fsp3) is 0.211. The summed E-state index contributed by atoms with van der Waals surface area (Å²) >= 11 is 0. The maximum atomic E-state index is 12.6. The number of hydrogen-bond donors (Lipinski definition) is 3. The third-order valence-corrected chi connectivity index (χ3v) is 4.46. The summed E-state index contributed by atoms with van der Waals surface area (Å²) in [5.41, 5.74) is 4.62. The number of anilines is 2. The van der Waals surface area contributed by atoms with E-state index >= 15 is 0 Å². The zero-order chi connectivity index (χ0) is 15.8. The van der Waals surface area contributed by atoms with E-state index in [1.54, 1.807) is 12.1 Å². The highest BCUT2D eigenvalue weighted by molar-refractivity contribution is 6.00. The first-order valence-electron chi connectivity index (χ1n) is 7.90. The molecule has 116 valence electrons. The van der Waals surface area contributed by atoms with Gasteiger partial charge in [0.15, 0.2) is 5.78 Å². The number of phenols is 1. The monoisotopic (exact) mass is 306 g/mol. The van der Waals surface area contributed by atoms with Crippen LogP contribution in [0.1, 0.15) is 30.9 Å². The lowest BCUT2D eigenvalue weighted by atomic mass is 9.86. The molecule has 0 amide bonds.